The van der Waals surface area contributed by atoms with Gasteiger partial charge in [0, 0.05) is 0 Å². The number of hydrogen-bond donors (Lipinski definition) is 1. The third-order valence-electron chi connectivity index (χ3n) is 5.30. The summed E-state index contributed by atoms with van der Waals surface area (Å²) in [6.07, 6.45) is 4.42. The molecule has 0 saturated heterocycles. The molecule has 3 rings (SSSR count). The van der Waals surface area contributed by atoms with E-state index in [1.54, 1.807) is 12.1 Å². The zero-order valence-corrected chi connectivity index (χ0v) is 17.5. The molecule has 0 unspecified atom stereocenters. The maximum absolute atomic E-state index is 13.2. The second kappa shape index (κ2) is 8.35. The Morgan fingerprint density at radius 1 is 1.18 bits per heavy atom. The molecule has 2 aromatic rings. The van der Waals surface area contributed by atoms with Crippen molar-refractivity contribution in [1.82, 2.24) is 5.32 Å². The minimum absolute atomic E-state index is 0.0778. The molecule has 0 radical (unpaired) electrons. The normalized spacial score (nSPS) is 17.5. The highest BCUT2D eigenvalue weighted by Gasteiger charge is 2.33. The van der Waals surface area contributed by atoms with Crippen molar-refractivity contribution in [3.8, 4) is 0 Å². The van der Waals surface area contributed by atoms with Crippen molar-refractivity contribution in [2.75, 3.05) is 10.6 Å². The summed E-state index contributed by atoms with van der Waals surface area (Å²) in [5.74, 6) is -0.254. The van der Waals surface area contributed by atoms with E-state index in [0.29, 0.717) is 12.1 Å². The van der Waals surface area contributed by atoms with E-state index < -0.39 is 16.1 Å². The van der Waals surface area contributed by atoms with Crippen LogP contribution in [0.5, 0.6) is 0 Å². The molecule has 0 spiro atoms. The molecule has 2 atom stereocenters. The minimum atomic E-state index is -3.62. The van der Waals surface area contributed by atoms with Crippen molar-refractivity contribution >= 4 is 21.6 Å². The average Bonchev–Trinajstić information content (AvgIpc) is 2.66. The fourth-order valence-corrected chi connectivity index (χ4v) is 5.14. The number of fused-ring (bicyclic) bond motifs is 1. The summed E-state index contributed by atoms with van der Waals surface area (Å²) in [5.41, 5.74) is 3.94. The first kappa shape index (κ1) is 20.4. The summed E-state index contributed by atoms with van der Waals surface area (Å²) in [6.45, 7) is 3.78. The van der Waals surface area contributed by atoms with Crippen molar-refractivity contribution in [3.05, 3.63) is 65.2 Å². The highest BCUT2D eigenvalue weighted by Crippen LogP contribution is 2.30. The van der Waals surface area contributed by atoms with Gasteiger partial charge in [-0.1, -0.05) is 48.9 Å². The molecule has 2 aromatic carbocycles. The number of aryl methyl sites for hydroxylation is 2. The van der Waals surface area contributed by atoms with E-state index in [2.05, 4.69) is 17.4 Å². The highest BCUT2D eigenvalue weighted by atomic mass is 32.2. The molecule has 0 bridgehead atoms. The van der Waals surface area contributed by atoms with Crippen molar-refractivity contribution in [1.29, 1.82) is 0 Å². The average molecular weight is 401 g/mol. The zero-order valence-electron chi connectivity index (χ0n) is 16.7. The van der Waals surface area contributed by atoms with Gasteiger partial charge in [0.15, 0.2) is 0 Å². The molecular weight excluding hydrogens is 372 g/mol. The molecule has 1 aliphatic carbocycles. The van der Waals surface area contributed by atoms with Gasteiger partial charge in [-0.15, -0.1) is 0 Å². The summed E-state index contributed by atoms with van der Waals surface area (Å²) in [4.78, 5) is 13.2. The van der Waals surface area contributed by atoms with E-state index in [1.165, 1.54) is 9.87 Å². The van der Waals surface area contributed by atoms with Gasteiger partial charge in [0.2, 0.25) is 15.9 Å². The predicted molar refractivity (Wildman–Crippen MR) is 113 cm³/mol. The number of hydrogen-bond acceptors (Lipinski definition) is 3. The number of sulfonamides is 1. The second-order valence-electron chi connectivity index (χ2n) is 7.47. The molecule has 1 amide bonds. The van der Waals surface area contributed by atoms with E-state index in [0.717, 1.165) is 36.6 Å². The largest absolute Gasteiger partial charge is 0.347 e. The van der Waals surface area contributed by atoms with Crippen molar-refractivity contribution < 1.29 is 13.2 Å². The van der Waals surface area contributed by atoms with Gasteiger partial charge in [-0.3, -0.25) is 9.10 Å². The quantitative estimate of drug-likeness (QED) is 0.803. The summed E-state index contributed by atoms with van der Waals surface area (Å²) in [5, 5.41) is 3.11. The standard InChI is InChI=1S/C22H28N2O3S/c1-4-21(24(28(3,26)27)18-14-12-16(2)13-15-18)22(25)23-20-11-7-9-17-8-5-6-10-19(17)20/h5-6,8,10,12-15,20-21H,4,7,9,11H2,1-3H3,(H,23,25)/t20-,21-/m1/s1. The first-order valence-corrected chi connectivity index (χ1v) is 11.6. The Balaban J connectivity index is 1.88. The number of nitrogens with one attached hydrogen (secondary N) is 1. The number of carbonyl (C=O) groups is 1. The Morgan fingerprint density at radius 3 is 2.50 bits per heavy atom. The van der Waals surface area contributed by atoms with Gasteiger partial charge < -0.3 is 5.32 Å². The lowest BCUT2D eigenvalue weighted by molar-refractivity contribution is -0.123. The van der Waals surface area contributed by atoms with Gasteiger partial charge >= 0.3 is 0 Å². The number of anilines is 1. The molecule has 5 nitrogen and oxygen atoms in total. The lowest BCUT2D eigenvalue weighted by Crippen LogP contribution is -2.50. The van der Waals surface area contributed by atoms with Gasteiger partial charge in [0.1, 0.15) is 6.04 Å². The molecule has 0 fully saturated rings. The predicted octanol–water partition coefficient (Wildman–Crippen LogP) is 3.73. The Labute approximate surface area is 167 Å². The van der Waals surface area contributed by atoms with Gasteiger partial charge in [0.05, 0.1) is 18.0 Å². The number of benzene rings is 2. The molecule has 150 valence electrons. The Hall–Kier alpha value is -2.34. The van der Waals surface area contributed by atoms with Crippen LogP contribution in [0.15, 0.2) is 48.5 Å². The summed E-state index contributed by atoms with van der Waals surface area (Å²) < 4.78 is 26.4. The Bertz CT molecular complexity index is 939. The first-order valence-electron chi connectivity index (χ1n) is 9.75. The number of rotatable bonds is 6. The zero-order chi connectivity index (χ0) is 20.3. The van der Waals surface area contributed by atoms with Gasteiger partial charge in [-0.05, 0) is 55.9 Å². The highest BCUT2D eigenvalue weighted by molar-refractivity contribution is 7.92. The molecule has 28 heavy (non-hydrogen) atoms. The van der Waals surface area contributed by atoms with Crippen LogP contribution in [-0.4, -0.2) is 26.6 Å². The lowest BCUT2D eigenvalue weighted by Gasteiger charge is -2.33. The van der Waals surface area contributed by atoms with Crippen LogP contribution < -0.4 is 9.62 Å². The van der Waals surface area contributed by atoms with E-state index in [9.17, 15) is 13.2 Å². The lowest BCUT2D eigenvalue weighted by atomic mass is 9.87. The molecule has 0 heterocycles. The van der Waals surface area contributed by atoms with Gasteiger partial charge in [-0.2, -0.15) is 0 Å². The number of carbonyl (C=O) groups excluding carboxylic acids is 1. The van der Waals surface area contributed by atoms with Crippen LogP contribution in [0.25, 0.3) is 0 Å². The maximum atomic E-state index is 13.2. The molecule has 0 saturated carbocycles. The first-order chi connectivity index (χ1) is 13.3. The van der Waals surface area contributed by atoms with Crippen LogP contribution in [-0.2, 0) is 21.2 Å². The third kappa shape index (κ3) is 4.38. The molecule has 0 aliphatic heterocycles. The van der Waals surface area contributed by atoms with Crippen molar-refractivity contribution in [2.45, 2.75) is 51.6 Å². The number of amides is 1. The molecule has 1 N–H and O–H groups in total. The van der Waals surface area contributed by atoms with Crippen LogP contribution in [0.4, 0.5) is 5.69 Å². The Kier molecular flexibility index (Phi) is 6.08. The summed E-state index contributed by atoms with van der Waals surface area (Å²) >= 11 is 0. The van der Waals surface area contributed by atoms with Gasteiger partial charge in [0.25, 0.3) is 0 Å². The van der Waals surface area contributed by atoms with Crippen LogP contribution in [0.3, 0.4) is 0 Å². The monoisotopic (exact) mass is 400 g/mol. The number of nitrogens with zero attached hydrogens (tertiary/aromatic N) is 1. The van der Waals surface area contributed by atoms with Gasteiger partial charge in [-0.25, -0.2) is 8.42 Å². The van der Waals surface area contributed by atoms with Crippen LogP contribution in [0, 0.1) is 6.92 Å². The molecule has 6 heteroatoms. The van der Waals surface area contributed by atoms with Crippen LogP contribution in [0.2, 0.25) is 0 Å². The van der Waals surface area contributed by atoms with E-state index >= 15 is 0 Å². The second-order valence-corrected chi connectivity index (χ2v) is 9.33. The Morgan fingerprint density at radius 2 is 1.86 bits per heavy atom. The van der Waals surface area contributed by atoms with Crippen molar-refractivity contribution in [2.24, 2.45) is 0 Å². The molecular formula is C22H28N2O3S. The fourth-order valence-electron chi connectivity index (χ4n) is 3.92. The summed E-state index contributed by atoms with van der Waals surface area (Å²) in [6, 6.07) is 14.5. The third-order valence-corrected chi connectivity index (χ3v) is 6.48. The molecule has 1 aliphatic rings. The van der Waals surface area contributed by atoms with E-state index in [4.69, 9.17) is 0 Å². The maximum Gasteiger partial charge on any atom is 0.244 e. The minimum Gasteiger partial charge on any atom is -0.347 e. The SMILES string of the molecule is CC[C@H](C(=O)N[C@@H]1CCCc2ccccc21)N(c1ccc(C)cc1)S(C)(=O)=O. The smallest absolute Gasteiger partial charge is 0.244 e. The molecule has 0 aromatic heterocycles. The van der Waals surface area contributed by atoms with Crippen LogP contribution >= 0.6 is 0 Å². The van der Waals surface area contributed by atoms with E-state index in [-0.39, 0.29) is 11.9 Å². The topological polar surface area (TPSA) is 66.5 Å². The summed E-state index contributed by atoms with van der Waals surface area (Å²) in [7, 11) is -3.62. The van der Waals surface area contributed by atoms with E-state index in [1.807, 2.05) is 38.1 Å². The van der Waals surface area contributed by atoms with Crippen molar-refractivity contribution in [3.63, 3.8) is 0 Å². The fraction of sp³-hybridized carbons (Fsp3) is 0.409. The van der Waals surface area contributed by atoms with Crippen LogP contribution in [0.1, 0.15) is 48.9 Å².